The molecule has 0 heterocycles. The third-order valence-electron chi connectivity index (χ3n) is 2.83. The maximum absolute atomic E-state index is 12.0. The molecule has 0 aromatic heterocycles. The molecule has 0 fully saturated rings. The monoisotopic (exact) mass is 318 g/mol. The standard InChI is InChI=1S/C15H15BrN2O/c1-10-2-4-11(5-3-10)9-18-15(19)13-7-6-12(16)8-14(13)17/h2-8H,9,17H2,1H3,(H,18,19). The minimum Gasteiger partial charge on any atom is -0.398 e. The number of amides is 1. The number of hydrogen-bond donors (Lipinski definition) is 2. The molecule has 98 valence electrons. The summed E-state index contributed by atoms with van der Waals surface area (Å²) in [6.45, 7) is 2.53. The van der Waals surface area contributed by atoms with Crippen molar-refractivity contribution in [3.63, 3.8) is 0 Å². The van der Waals surface area contributed by atoms with Gasteiger partial charge in [0.05, 0.1) is 5.56 Å². The van der Waals surface area contributed by atoms with Gasteiger partial charge in [0, 0.05) is 16.7 Å². The fourth-order valence-corrected chi connectivity index (χ4v) is 2.10. The lowest BCUT2D eigenvalue weighted by Gasteiger charge is -2.08. The first-order valence-electron chi connectivity index (χ1n) is 5.95. The van der Waals surface area contributed by atoms with E-state index in [-0.39, 0.29) is 5.91 Å². The Morgan fingerprint density at radius 1 is 1.21 bits per heavy atom. The van der Waals surface area contributed by atoms with Crippen LogP contribution in [-0.4, -0.2) is 5.91 Å². The Labute approximate surface area is 121 Å². The van der Waals surface area contributed by atoms with E-state index in [1.165, 1.54) is 5.56 Å². The summed E-state index contributed by atoms with van der Waals surface area (Å²) in [7, 11) is 0. The van der Waals surface area contributed by atoms with Crippen LogP contribution in [0.2, 0.25) is 0 Å². The number of nitrogen functional groups attached to an aromatic ring is 1. The topological polar surface area (TPSA) is 55.1 Å². The van der Waals surface area contributed by atoms with Gasteiger partial charge >= 0.3 is 0 Å². The highest BCUT2D eigenvalue weighted by molar-refractivity contribution is 9.10. The summed E-state index contributed by atoms with van der Waals surface area (Å²) in [6.07, 6.45) is 0. The van der Waals surface area contributed by atoms with Gasteiger partial charge in [-0.05, 0) is 30.7 Å². The molecule has 3 N–H and O–H groups in total. The largest absolute Gasteiger partial charge is 0.398 e. The molecule has 0 atom stereocenters. The summed E-state index contributed by atoms with van der Waals surface area (Å²) >= 11 is 3.32. The highest BCUT2D eigenvalue weighted by Crippen LogP contribution is 2.18. The van der Waals surface area contributed by atoms with Crippen molar-refractivity contribution < 1.29 is 4.79 Å². The summed E-state index contributed by atoms with van der Waals surface area (Å²) in [5.74, 6) is -0.162. The van der Waals surface area contributed by atoms with Crippen molar-refractivity contribution in [2.45, 2.75) is 13.5 Å². The maximum atomic E-state index is 12.0. The second kappa shape index (κ2) is 5.89. The van der Waals surface area contributed by atoms with Gasteiger partial charge in [0.25, 0.3) is 5.91 Å². The van der Waals surface area contributed by atoms with E-state index in [4.69, 9.17) is 5.73 Å². The average molecular weight is 319 g/mol. The van der Waals surface area contributed by atoms with Gasteiger partial charge in [-0.15, -0.1) is 0 Å². The van der Waals surface area contributed by atoms with Gasteiger partial charge in [-0.1, -0.05) is 45.8 Å². The molecular formula is C15H15BrN2O. The number of rotatable bonds is 3. The normalized spacial score (nSPS) is 10.2. The number of carbonyl (C=O) groups excluding carboxylic acids is 1. The van der Waals surface area contributed by atoms with E-state index in [1.807, 2.05) is 31.2 Å². The summed E-state index contributed by atoms with van der Waals surface area (Å²) in [6, 6.07) is 13.3. The van der Waals surface area contributed by atoms with Gasteiger partial charge in [0.2, 0.25) is 0 Å². The Bertz CT molecular complexity index is 594. The molecule has 1 amide bonds. The van der Waals surface area contributed by atoms with E-state index in [1.54, 1.807) is 18.2 Å². The molecule has 0 unspecified atom stereocenters. The SMILES string of the molecule is Cc1ccc(CNC(=O)c2ccc(Br)cc2N)cc1. The van der Waals surface area contributed by atoms with Gasteiger partial charge in [-0.2, -0.15) is 0 Å². The lowest BCUT2D eigenvalue weighted by atomic mass is 10.1. The molecule has 0 saturated heterocycles. The number of nitrogens with two attached hydrogens (primary N) is 1. The minimum atomic E-state index is -0.162. The summed E-state index contributed by atoms with van der Waals surface area (Å²) < 4.78 is 0.861. The molecule has 0 aliphatic rings. The Kier molecular flexibility index (Phi) is 4.22. The molecule has 0 aliphatic carbocycles. The molecule has 3 nitrogen and oxygen atoms in total. The molecular weight excluding hydrogens is 304 g/mol. The predicted octanol–water partition coefficient (Wildman–Crippen LogP) is 3.27. The van der Waals surface area contributed by atoms with Crippen molar-refractivity contribution in [1.82, 2.24) is 5.32 Å². The number of benzene rings is 2. The van der Waals surface area contributed by atoms with Crippen molar-refractivity contribution >= 4 is 27.5 Å². The quantitative estimate of drug-likeness (QED) is 0.853. The second-order valence-electron chi connectivity index (χ2n) is 4.40. The van der Waals surface area contributed by atoms with Gasteiger partial charge in [-0.3, -0.25) is 4.79 Å². The average Bonchev–Trinajstić information content (AvgIpc) is 2.37. The summed E-state index contributed by atoms with van der Waals surface area (Å²) in [5, 5.41) is 2.86. The summed E-state index contributed by atoms with van der Waals surface area (Å²) in [5.41, 5.74) is 9.05. The van der Waals surface area contributed by atoms with Gasteiger partial charge in [0.15, 0.2) is 0 Å². The molecule has 2 rings (SSSR count). The van der Waals surface area contributed by atoms with Crippen LogP contribution in [0.5, 0.6) is 0 Å². The maximum Gasteiger partial charge on any atom is 0.253 e. The van der Waals surface area contributed by atoms with Crippen LogP contribution in [0.1, 0.15) is 21.5 Å². The van der Waals surface area contributed by atoms with Crippen LogP contribution in [0.15, 0.2) is 46.9 Å². The van der Waals surface area contributed by atoms with E-state index < -0.39 is 0 Å². The zero-order valence-corrected chi connectivity index (χ0v) is 12.2. The molecule has 0 bridgehead atoms. The first-order valence-corrected chi connectivity index (χ1v) is 6.74. The van der Waals surface area contributed by atoms with E-state index in [0.717, 1.165) is 10.0 Å². The first kappa shape index (κ1) is 13.6. The Hall–Kier alpha value is -1.81. The molecule has 4 heteroatoms. The van der Waals surface area contributed by atoms with Crippen LogP contribution in [0, 0.1) is 6.92 Å². The first-order chi connectivity index (χ1) is 9.06. The van der Waals surface area contributed by atoms with Crippen LogP contribution in [0.25, 0.3) is 0 Å². The van der Waals surface area contributed by atoms with Crippen LogP contribution >= 0.6 is 15.9 Å². The van der Waals surface area contributed by atoms with Crippen molar-refractivity contribution in [2.24, 2.45) is 0 Å². The van der Waals surface area contributed by atoms with Crippen molar-refractivity contribution in [3.05, 3.63) is 63.6 Å². The Morgan fingerprint density at radius 2 is 1.89 bits per heavy atom. The Morgan fingerprint density at radius 3 is 2.53 bits per heavy atom. The van der Waals surface area contributed by atoms with Crippen molar-refractivity contribution in [1.29, 1.82) is 0 Å². The smallest absolute Gasteiger partial charge is 0.253 e. The zero-order chi connectivity index (χ0) is 13.8. The molecule has 0 radical (unpaired) electrons. The highest BCUT2D eigenvalue weighted by atomic mass is 79.9. The molecule has 0 saturated carbocycles. The number of anilines is 1. The zero-order valence-electron chi connectivity index (χ0n) is 10.6. The third-order valence-corrected chi connectivity index (χ3v) is 3.33. The third kappa shape index (κ3) is 3.58. The van der Waals surface area contributed by atoms with Crippen LogP contribution in [-0.2, 0) is 6.54 Å². The number of aryl methyl sites for hydroxylation is 1. The molecule has 2 aromatic rings. The molecule has 2 aromatic carbocycles. The lowest BCUT2D eigenvalue weighted by molar-refractivity contribution is 0.0952. The van der Waals surface area contributed by atoms with Crippen LogP contribution in [0.3, 0.4) is 0 Å². The fraction of sp³-hybridized carbons (Fsp3) is 0.133. The van der Waals surface area contributed by atoms with Crippen LogP contribution in [0.4, 0.5) is 5.69 Å². The number of hydrogen-bond acceptors (Lipinski definition) is 2. The fourth-order valence-electron chi connectivity index (χ4n) is 1.72. The van der Waals surface area contributed by atoms with Gasteiger partial charge < -0.3 is 11.1 Å². The predicted molar refractivity (Wildman–Crippen MR) is 80.9 cm³/mol. The van der Waals surface area contributed by atoms with Gasteiger partial charge in [0.1, 0.15) is 0 Å². The van der Waals surface area contributed by atoms with E-state index in [0.29, 0.717) is 17.8 Å². The van der Waals surface area contributed by atoms with Crippen molar-refractivity contribution in [3.8, 4) is 0 Å². The van der Waals surface area contributed by atoms with Crippen molar-refractivity contribution in [2.75, 3.05) is 5.73 Å². The lowest BCUT2D eigenvalue weighted by Crippen LogP contribution is -2.23. The number of carbonyl (C=O) groups is 1. The number of halogens is 1. The number of nitrogens with one attached hydrogen (secondary N) is 1. The van der Waals surface area contributed by atoms with E-state index in [2.05, 4.69) is 21.2 Å². The highest BCUT2D eigenvalue weighted by Gasteiger charge is 2.09. The molecule has 19 heavy (non-hydrogen) atoms. The Balaban J connectivity index is 2.03. The van der Waals surface area contributed by atoms with E-state index in [9.17, 15) is 4.79 Å². The van der Waals surface area contributed by atoms with E-state index >= 15 is 0 Å². The minimum absolute atomic E-state index is 0.162. The summed E-state index contributed by atoms with van der Waals surface area (Å²) in [4.78, 5) is 12.0. The van der Waals surface area contributed by atoms with Gasteiger partial charge in [-0.25, -0.2) is 0 Å². The second-order valence-corrected chi connectivity index (χ2v) is 5.32. The molecule has 0 aliphatic heterocycles. The molecule has 0 spiro atoms. The van der Waals surface area contributed by atoms with Crippen LogP contribution < -0.4 is 11.1 Å².